The summed E-state index contributed by atoms with van der Waals surface area (Å²) in [4.78, 5) is 20.2. The van der Waals surface area contributed by atoms with Crippen LogP contribution in [0.2, 0.25) is 0 Å². The molecule has 1 unspecified atom stereocenters. The molecule has 0 saturated carbocycles. The second-order valence-corrected chi connectivity index (χ2v) is 7.22. The first-order valence-electron chi connectivity index (χ1n) is 8.27. The summed E-state index contributed by atoms with van der Waals surface area (Å²) in [5, 5.41) is 0.682. The lowest BCUT2D eigenvalue weighted by Crippen LogP contribution is -2.22. The highest BCUT2D eigenvalue weighted by Crippen LogP contribution is 2.52. The second-order valence-electron chi connectivity index (χ2n) is 6.17. The van der Waals surface area contributed by atoms with Crippen LogP contribution >= 0.6 is 11.3 Å². The van der Waals surface area contributed by atoms with E-state index in [2.05, 4.69) is 9.97 Å². The number of hydrogen-bond donors (Lipinski definition) is 1. The molecule has 0 fully saturated rings. The molecule has 1 aliphatic heterocycles. The van der Waals surface area contributed by atoms with Gasteiger partial charge in [-0.15, -0.1) is 11.3 Å². The molecule has 2 aromatic carbocycles. The molecule has 7 heteroatoms. The fraction of sp³-hybridized carbons (Fsp3) is 0.100. The third kappa shape index (κ3) is 2.35. The highest BCUT2D eigenvalue weighted by atomic mass is 32.1. The van der Waals surface area contributed by atoms with Gasteiger partial charge in [-0.05, 0) is 29.8 Å². The highest BCUT2D eigenvalue weighted by molar-refractivity contribution is 7.19. The predicted octanol–water partition coefficient (Wildman–Crippen LogP) is 4.42. The number of hydrogen-bond acceptors (Lipinski definition) is 5. The van der Waals surface area contributed by atoms with Gasteiger partial charge in [0.1, 0.15) is 11.6 Å². The van der Waals surface area contributed by atoms with Gasteiger partial charge in [0.2, 0.25) is 5.88 Å². The van der Waals surface area contributed by atoms with Crippen LogP contribution in [0.5, 0.6) is 17.4 Å². The number of aromatic nitrogens is 2. The van der Waals surface area contributed by atoms with Crippen molar-refractivity contribution in [3.8, 4) is 17.4 Å². The summed E-state index contributed by atoms with van der Waals surface area (Å²) in [6.45, 7) is 0. The average Bonchev–Trinajstić information content (AvgIpc) is 3.06. The van der Waals surface area contributed by atoms with Crippen molar-refractivity contribution in [2.45, 2.75) is 5.92 Å². The van der Waals surface area contributed by atoms with Gasteiger partial charge in [0.05, 0.1) is 34.5 Å². The van der Waals surface area contributed by atoms with Crippen molar-refractivity contribution in [1.82, 2.24) is 9.97 Å². The quantitative estimate of drug-likeness (QED) is 0.492. The number of rotatable bonds is 2. The van der Waals surface area contributed by atoms with Crippen molar-refractivity contribution in [3.05, 3.63) is 81.0 Å². The Morgan fingerprint density at radius 2 is 2.04 bits per heavy atom. The van der Waals surface area contributed by atoms with Crippen LogP contribution in [-0.4, -0.2) is 17.1 Å². The third-order valence-electron chi connectivity index (χ3n) is 4.70. The number of halogens is 1. The zero-order valence-electron chi connectivity index (χ0n) is 14.2. The normalized spacial score (nSPS) is 15.1. The van der Waals surface area contributed by atoms with Gasteiger partial charge in [0.25, 0.3) is 5.56 Å². The van der Waals surface area contributed by atoms with Gasteiger partial charge in [-0.25, -0.2) is 9.37 Å². The van der Waals surface area contributed by atoms with Crippen molar-refractivity contribution in [2.24, 2.45) is 0 Å². The van der Waals surface area contributed by atoms with Gasteiger partial charge in [0.15, 0.2) is 5.75 Å². The van der Waals surface area contributed by atoms with Gasteiger partial charge in [-0.1, -0.05) is 18.2 Å². The zero-order chi connectivity index (χ0) is 18.5. The minimum Gasteiger partial charge on any atom is -0.497 e. The summed E-state index contributed by atoms with van der Waals surface area (Å²) < 4.78 is 26.1. The number of benzene rings is 2. The van der Waals surface area contributed by atoms with Crippen LogP contribution in [0.25, 0.3) is 10.1 Å². The Morgan fingerprint density at radius 3 is 2.81 bits per heavy atom. The molecule has 5 rings (SSSR count). The molecule has 0 spiro atoms. The molecule has 1 atom stereocenters. The second kappa shape index (κ2) is 5.92. The Bertz CT molecular complexity index is 1230. The van der Waals surface area contributed by atoms with E-state index in [0.29, 0.717) is 27.1 Å². The Kier molecular flexibility index (Phi) is 3.51. The van der Waals surface area contributed by atoms with E-state index in [-0.39, 0.29) is 17.3 Å². The van der Waals surface area contributed by atoms with E-state index in [1.807, 2.05) is 30.3 Å². The van der Waals surface area contributed by atoms with Crippen molar-refractivity contribution in [1.29, 1.82) is 0 Å². The molecule has 5 nitrogen and oxygen atoms in total. The topological polar surface area (TPSA) is 64.2 Å². The first kappa shape index (κ1) is 16.0. The number of H-pyrrole nitrogens is 1. The van der Waals surface area contributed by atoms with Crippen LogP contribution in [-0.2, 0) is 0 Å². The Labute approximate surface area is 157 Å². The van der Waals surface area contributed by atoms with Crippen LogP contribution in [0.1, 0.15) is 21.9 Å². The van der Waals surface area contributed by atoms with E-state index in [1.165, 1.54) is 23.7 Å². The summed E-state index contributed by atoms with van der Waals surface area (Å²) in [6, 6.07) is 12.4. The molecule has 4 aromatic rings. The fourth-order valence-corrected chi connectivity index (χ4v) is 4.72. The van der Waals surface area contributed by atoms with Crippen LogP contribution in [0.15, 0.2) is 53.6 Å². The molecule has 0 saturated heterocycles. The van der Waals surface area contributed by atoms with Gasteiger partial charge in [-0.3, -0.25) is 4.79 Å². The molecule has 27 heavy (non-hydrogen) atoms. The molecule has 2 aromatic heterocycles. The molecule has 0 aliphatic carbocycles. The van der Waals surface area contributed by atoms with E-state index in [0.717, 1.165) is 10.4 Å². The lowest BCUT2D eigenvalue weighted by atomic mass is 9.89. The molecule has 0 bridgehead atoms. The summed E-state index contributed by atoms with van der Waals surface area (Å²) in [7, 11) is 1.60. The molecule has 3 heterocycles. The highest BCUT2D eigenvalue weighted by Gasteiger charge is 2.35. The molecule has 1 aliphatic rings. The largest absolute Gasteiger partial charge is 0.497 e. The van der Waals surface area contributed by atoms with Gasteiger partial charge >= 0.3 is 0 Å². The smallest absolute Gasteiger partial charge is 0.258 e. The van der Waals surface area contributed by atoms with Crippen molar-refractivity contribution < 1.29 is 13.9 Å². The Balaban J connectivity index is 1.82. The number of methoxy groups -OCH3 is 1. The van der Waals surface area contributed by atoms with E-state index in [9.17, 15) is 9.18 Å². The van der Waals surface area contributed by atoms with Gasteiger partial charge in [0, 0.05) is 5.39 Å². The number of fused-ring (bicyclic) bond motifs is 4. The van der Waals surface area contributed by atoms with Crippen LogP contribution in [0.4, 0.5) is 4.39 Å². The monoisotopic (exact) mass is 380 g/mol. The van der Waals surface area contributed by atoms with E-state index >= 15 is 0 Å². The minimum absolute atomic E-state index is 0.246. The molecular weight excluding hydrogens is 367 g/mol. The number of nitrogens with zero attached hydrogens (tertiary/aromatic N) is 1. The lowest BCUT2D eigenvalue weighted by Gasteiger charge is -2.24. The Hall–Kier alpha value is -3.19. The lowest BCUT2D eigenvalue weighted by molar-refractivity contribution is 0.414. The summed E-state index contributed by atoms with van der Waals surface area (Å²) in [6.07, 6.45) is 1.31. The van der Waals surface area contributed by atoms with Crippen LogP contribution in [0, 0.1) is 5.82 Å². The number of thiophene rings is 1. The van der Waals surface area contributed by atoms with E-state index in [4.69, 9.17) is 9.47 Å². The molecular formula is C20H13FN2O3S. The van der Waals surface area contributed by atoms with Crippen molar-refractivity contribution >= 4 is 21.4 Å². The maximum atomic E-state index is 14.4. The summed E-state index contributed by atoms with van der Waals surface area (Å²) >= 11 is 1.30. The van der Waals surface area contributed by atoms with E-state index in [1.54, 1.807) is 13.2 Å². The number of ether oxygens (including phenoxy) is 2. The average molecular weight is 380 g/mol. The minimum atomic E-state index is -0.399. The molecule has 0 amide bonds. The van der Waals surface area contributed by atoms with Gasteiger partial charge in [-0.2, -0.15) is 0 Å². The maximum Gasteiger partial charge on any atom is 0.258 e. The molecule has 1 N–H and O–H groups in total. The summed E-state index contributed by atoms with van der Waals surface area (Å²) in [5.41, 5.74) is 1.03. The van der Waals surface area contributed by atoms with E-state index < -0.39 is 5.92 Å². The first-order valence-corrected chi connectivity index (χ1v) is 9.09. The van der Waals surface area contributed by atoms with Gasteiger partial charge < -0.3 is 14.5 Å². The van der Waals surface area contributed by atoms with Crippen molar-refractivity contribution in [3.63, 3.8) is 0 Å². The predicted molar refractivity (Wildman–Crippen MR) is 101 cm³/mol. The van der Waals surface area contributed by atoms with Crippen LogP contribution < -0.4 is 15.0 Å². The maximum absolute atomic E-state index is 14.4. The first-order chi connectivity index (χ1) is 13.2. The zero-order valence-corrected chi connectivity index (χ0v) is 15.0. The van der Waals surface area contributed by atoms with Crippen LogP contribution in [0.3, 0.4) is 0 Å². The molecule has 134 valence electrons. The molecule has 0 radical (unpaired) electrons. The third-order valence-corrected chi connectivity index (χ3v) is 5.96. The van der Waals surface area contributed by atoms with Crippen molar-refractivity contribution in [2.75, 3.05) is 7.11 Å². The number of nitrogens with one attached hydrogen (secondary N) is 1. The SMILES string of the molecule is COc1ccc(C2c3sc4c(F)cccc4c3Oc3nc[nH]c(=O)c32)cc1. The fourth-order valence-electron chi connectivity index (χ4n) is 3.45. The Morgan fingerprint density at radius 1 is 1.22 bits per heavy atom. The standard InChI is InChI=1S/C20H13FN2O3S/c1-25-11-7-5-10(6-8-11)14-15-19(24)22-9-23-20(15)26-16-12-3-2-4-13(21)17(12)27-18(14)16/h2-9,14H,1H3,(H,22,23,24). The number of aromatic amines is 1. The summed E-state index contributed by atoms with van der Waals surface area (Å²) in [5.74, 6) is 0.810.